The molecule has 84 valence electrons. The van der Waals surface area contributed by atoms with Gasteiger partial charge in [-0.2, -0.15) is 0 Å². The van der Waals surface area contributed by atoms with Gasteiger partial charge in [0.2, 0.25) is 0 Å². The normalized spacial score (nSPS) is 35.1. The molecule has 2 rings (SSSR count). The maximum Gasteiger partial charge on any atom is 0.343 e. The number of carbonyl (C=O) groups excluding carboxylic acids is 2. The lowest BCUT2D eigenvalue weighted by Crippen LogP contribution is -2.58. The molecule has 0 amide bonds. The highest BCUT2D eigenvalue weighted by Gasteiger charge is 2.65. The van der Waals surface area contributed by atoms with Gasteiger partial charge >= 0.3 is 11.9 Å². The summed E-state index contributed by atoms with van der Waals surface area (Å²) >= 11 is 0. The van der Waals surface area contributed by atoms with Crippen LogP contribution < -0.4 is 0 Å². The molecule has 0 spiro atoms. The fourth-order valence-electron chi connectivity index (χ4n) is 1.81. The van der Waals surface area contributed by atoms with Gasteiger partial charge in [0, 0.05) is 6.42 Å². The summed E-state index contributed by atoms with van der Waals surface area (Å²) in [4.78, 5) is 33.2. The number of fused-ring (bicyclic) bond motifs is 2. The van der Waals surface area contributed by atoms with E-state index in [9.17, 15) is 9.59 Å². The van der Waals surface area contributed by atoms with Crippen LogP contribution in [0.5, 0.6) is 0 Å². The van der Waals surface area contributed by atoms with Gasteiger partial charge in [-0.25, -0.2) is 9.59 Å². The van der Waals surface area contributed by atoms with Crippen LogP contribution in [0.2, 0.25) is 0 Å². The van der Waals surface area contributed by atoms with E-state index in [0.29, 0.717) is 0 Å². The molecule has 2 bridgehead atoms. The summed E-state index contributed by atoms with van der Waals surface area (Å²) in [6.45, 7) is 0.122. The first kappa shape index (κ1) is 10.3. The highest BCUT2D eigenvalue weighted by molar-refractivity contribution is 6.05. The summed E-state index contributed by atoms with van der Waals surface area (Å²) in [5.41, 5.74) is -1.60. The van der Waals surface area contributed by atoms with E-state index in [0.717, 1.165) is 5.23 Å². The molecule has 2 fully saturated rings. The van der Waals surface area contributed by atoms with Crippen molar-refractivity contribution in [3.05, 3.63) is 0 Å². The molecule has 7 heteroatoms. The van der Waals surface area contributed by atoms with Gasteiger partial charge in [0.25, 0.3) is 5.54 Å². The van der Waals surface area contributed by atoms with E-state index in [2.05, 4.69) is 4.74 Å². The summed E-state index contributed by atoms with van der Waals surface area (Å²) in [5.74, 6) is -1.44. The molecule has 7 nitrogen and oxygen atoms in total. The van der Waals surface area contributed by atoms with Crippen LogP contribution >= 0.6 is 0 Å². The zero-order valence-corrected chi connectivity index (χ0v) is 8.39. The van der Waals surface area contributed by atoms with Gasteiger partial charge < -0.3 is 9.47 Å². The van der Waals surface area contributed by atoms with E-state index in [1.807, 2.05) is 0 Å². The third-order valence-corrected chi connectivity index (χ3v) is 2.51. The van der Waals surface area contributed by atoms with Crippen molar-refractivity contribution in [2.75, 3.05) is 20.8 Å². The average Bonchev–Trinajstić information content (AvgIpc) is 2.58. The van der Waals surface area contributed by atoms with Crippen molar-refractivity contribution in [1.29, 1.82) is 0 Å². The van der Waals surface area contributed by atoms with Crippen molar-refractivity contribution in [2.24, 2.45) is 0 Å². The summed E-state index contributed by atoms with van der Waals surface area (Å²) in [6, 6.07) is 0. The van der Waals surface area contributed by atoms with Gasteiger partial charge in [-0.05, 0) is 5.23 Å². The number of hydroxylamine groups is 2. The fourth-order valence-corrected chi connectivity index (χ4v) is 1.81. The Labute approximate surface area is 85.7 Å². The number of esters is 2. The summed E-state index contributed by atoms with van der Waals surface area (Å²) in [5, 5.41) is 0.860. The molecule has 2 unspecified atom stereocenters. The van der Waals surface area contributed by atoms with Crippen LogP contribution in [0.15, 0.2) is 0 Å². The Balaban J connectivity index is 2.37. The molecule has 2 aliphatic rings. The summed E-state index contributed by atoms with van der Waals surface area (Å²) in [7, 11) is 2.50. The van der Waals surface area contributed by atoms with Crippen LogP contribution in [0.4, 0.5) is 0 Å². The number of nitrogens with zero attached hydrogens (tertiary/aromatic N) is 1. The minimum absolute atomic E-state index is 0.122. The van der Waals surface area contributed by atoms with Gasteiger partial charge in [0.1, 0.15) is 12.7 Å². The Morgan fingerprint density at radius 3 is 2.93 bits per heavy atom. The highest BCUT2D eigenvalue weighted by atomic mass is 17.0. The molecular formula is C8H11NO6. The molecule has 15 heavy (non-hydrogen) atoms. The van der Waals surface area contributed by atoms with Crippen molar-refractivity contribution in [3.63, 3.8) is 0 Å². The van der Waals surface area contributed by atoms with Crippen LogP contribution in [0.3, 0.4) is 0 Å². The van der Waals surface area contributed by atoms with Crippen LogP contribution in [0.1, 0.15) is 6.42 Å². The lowest BCUT2D eigenvalue weighted by molar-refractivity contribution is -0.363. The maximum absolute atomic E-state index is 11.6. The third-order valence-electron chi connectivity index (χ3n) is 2.51. The minimum atomic E-state index is -1.60. The number of cyclic esters (lactones) is 1. The molecule has 2 aliphatic heterocycles. The first-order valence-corrected chi connectivity index (χ1v) is 4.42. The quantitative estimate of drug-likeness (QED) is 0.434. The van der Waals surface area contributed by atoms with Gasteiger partial charge in [-0.15, -0.1) is 0 Å². The number of methoxy groups -OCH3 is 1. The molecule has 2 atom stereocenters. The van der Waals surface area contributed by atoms with E-state index < -0.39 is 17.5 Å². The number of carbonyl (C=O) groups is 2. The second-order valence-electron chi connectivity index (χ2n) is 3.32. The van der Waals surface area contributed by atoms with Gasteiger partial charge in [0.15, 0.2) is 0 Å². The van der Waals surface area contributed by atoms with Crippen LogP contribution in [0.25, 0.3) is 0 Å². The molecule has 2 heterocycles. The summed E-state index contributed by atoms with van der Waals surface area (Å²) in [6.07, 6.45) is -0.173. The summed E-state index contributed by atoms with van der Waals surface area (Å²) < 4.78 is 9.41. The van der Waals surface area contributed by atoms with Crippen molar-refractivity contribution in [3.8, 4) is 0 Å². The molecule has 0 N–H and O–H groups in total. The molecular weight excluding hydrogens is 206 g/mol. The van der Waals surface area contributed by atoms with E-state index in [-0.39, 0.29) is 19.1 Å². The standard InChI is InChI=1S/C8H11NO6/c1-12-6(10)8-3-5(4-14-7(8)11)15-9(8)13-2/h5H,3-4H2,1-2H3. The molecule has 0 radical (unpaired) electrons. The minimum Gasteiger partial charge on any atom is -0.467 e. The van der Waals surface area contributed by atoms with Gasteiger partial charge in [-0.1, -0.05) is 0 Å². The van der Waals surface area contributed by atoms with Gasteiger partial charge in [0.05, 0.1) is 14.2 Å². The van der Waals surface area contributed by atoms with Crippen molar-refractivity contribution >= 4 is 11.9 Å². The average molecular weight is 217 g/mol. The Bertz CT molecular complexity index is 296. The molecule has 0 saturated carbocycles. The van der Waals surface area contributed by atoms with E-state index in [1.165, 1.54) is 14.2 Å². The lowest BCUT2D eigenvalue weighted by atomic mass is 9.92. The third kappa shape index (κ3) is 1.24. The lowest BCUT2D eigenvalue weighted by Gasteiger charge is -2.29. The molecule has 0 aromatic heterocycles. The Kier molecular flexibility index (Phi) is 2.37. The van der Waals surface area contributed by atoms with Crippen LogP contribution in [-0.4, -0.2) is 49.6 Å². The van der Waals surface area contributed by atoms with E-state index >= 15 is 0 Å². The van der Waals surface area contributed by atoms with Crippen LogP contribution in [-0.2, 0) is 28.7 Å². The SMILES string of the molecule is COC(=O)C12CC(COC1=O)ON2OC. The number of hydrogen-bond acceptors (Lipinski definition) is 7. The van der Waals surface area contributed by atoms with Crippen molar-refractivity contribution < 1.29 is 28.7 Å². The first-order valence-electron chi connectivity index (χ1n) is 4.42. The second kappa shape index (κ2) is 3.44. The Morgan fingerprint density at radius 2 is 2.33 bits per heavy atom. The predicted octanol–water partition coefficient (Wildman–Crippen LogP) is -0.978. The van der Waals surface area contributed by atoms with Gasteiger partial charge in [-0.3, -0.25) is 9.68 Å². The smallest absolute Gasteiger partial charge is 0.343 e. The number of rotatable bonds is 2. The van der Waals surface area contributed by atoms with E-state index in [4.69, 9.17) is 14.4 Å². The fraction of sp³-hybridized carbons (Fsp3) is 0.750. The maximum atomic E-state index is 11.6. The van der Waals surface area contributed by atoms with Crippen LogP contribution in [0, 0.1) is 0 Å². The monoisotopic (exact) mass is 217 g/mol. The van der Waals surface area contributed by atoms with Crippen molar-refractivity contribution in [2.45, 2.75) is 18.1 Å². The first-order chi connectivity index (χ1) is 7.15. The molecule has 0 aromatic rings. The molecule has 0 aromatic carbocycles. The molecule has 2 saturated heterocycles. The molecule has 0 aliphatic carbocycles. The number of ether oxygens (including phenoxy) is 2. The Hall–Kier alpha value is -1.18. The van der Waals surface area contributed by atoms with E-state index in [1.54, 1.807) is 0 Å². The predicted molar refractivity (Wildman–Crippen MR) is 44.0 cm³/mol. The zero-order chi connectivity index (χ0) is 11.1. The largest absolute Gasteiger partial charge is 0.467 e. The Morgan fingerprint density at radius 1 is 1.60 bits per heavy atom. The highest BCUT2D eigenvalue weighted by Crippen LogP contribution is 2.37. The van der Waals surface area contributed by atoms with Crippen molar-refractivity contribution in [1.82, 2.24) is 5.23 Å². The number of hydrogen-bond donors (Lipinski definition) is 0. The topological polar surface area (TPSA) is 74.3 Å². The second-order valence-corrected chi connectivity index (χ2v) is 3.32. The zero-order valence-electron chi connectivity index (χ0n) is 8.39.